The molecule has 1 fully saturated rings. The van der Waals surface area contributed by atoms with Crippen LogP contribution in [-0.2, 0) is 0 Å². The maximum atomic E-state index is 5.21. The van der Waals surface area contributed by atoms with Crippen LogP contribution in [0.25, 0.3) is 0 Å². The van der Waals surface area contributed by atoms with Crippen LogP contribution in [0.3, 0.4) is 0 Å². The molecule has 1 saturated heterocycles. The molecule has 0 aliphatic carbocycles. The molecule has 0 bridgehead atoms. The fraction of sp³-hybridized carbons (Fsp3) is 0.833. The molecule has 0 spiro atoms. The number of nitrogens with one attached hydrogen (secondary N) is 1. The molecule has 1 N–H and O–H groups in total. The van der Waals surface area contributed by atoms with E-state index in [2.05, 4.69) is 30.1 Å². The van der Waals surface area contributed by atoms with Crippen molar-refractivity contribution in [2.24, 2.45) is 5.92 Å². The summed E-state index contributed by atoms with van der Waals surface area (Å²) in [5.74, 6) is 3.50. The summed E-state index contributed by atoms with van der Waals surface area (Å²) >= 11 is 0. The molecule has 1 rings (SSSR count). The molecule has 1 aliphatic rings. The smallest absolute Gasteiger partial charge is 0.0211 e. The summed E-state index contributed by atoms with van der Waals surface area (Å²) < 4.78 is 0. The topological polar surface area (TPSA) is 15.3 Å². The Morgan fingerprint density at radius 1 is 1.50 bits per heavy atom. The van der Waals surface area contributed by atoms with E-state index in [1.165, 1.54) is 25.9 Å². The number of piperidine rings is 1. The molecular weight excluding hydrogens is 172 g/mol. The zero-order valence-corrected chi connectivity index (χ0v) is 9.42. The van der Waals surface area contributed by atoms with Gasteiger partial charge in [0, 0.05) is 19.0 Å². The summed E-state index contributed by atoms with van der Waals surface area (Å²) in [7, 11) is 2.20. The normalized spacial score (nSPS) is 21.8. The Bertz CT molecular complexity index is 187. The van der Waals surface area contributed by atoms with E-state index in [1.54, 1.807) is 0 Å². The van der Waals surface area contributed by atoms with Gasteiger partial charge in [0.2, 0.25) is 0 Å². The predicted molar refractivity (Wildman–Crippen MR) is 61.1 cm³/mol. The molecule has 14 heavy (non-hydrogen) atoms. The summed E-state index contributed by atoms with van der Waals surface area (Å²) in [6, 6.07) is 0.622. The number of terminal acetylenes is 1. The van der Waals surface area contributed by atoms with Gasteiger partial charge in [-0.3, -0.25) is 0 Å². The van der Waals surface area contributed by atoms with E-state index in [0.717, 1.165) is 18.9 Å². The van der Waals surface area contributed by atoms with E-state index in [-0.39, 0.29) is 0 Å². The Kier molecular flexibility index (Phi) is 5.00. The minimum absolute atomic E-state index is 0.622. The Morgan fingerprint density at radius 2 is 2.14 bits per heavy atom. The molecule has 0 radical (unpaired) electrons. The molecule has 0 aromatic rings. The first-order valence-corrected chi connectivity index (χ1v) is 5.59. The van der Waals surface area contributed by atoms with E-state index in [4.69, 9.17) is 6.42 Å². The first-order valence-electron chi connectivity index (χ1n) is 5.59. The monoisotopic (exact) mass is 194 g/mol. The second-order valence-corrected chi connectivity index (χ2v) is 4.34. The van der Waals surface area contributed by atoms with Gasteiger partial charge in [0.15, 0.2) is 0 Å². The standard InChI is InChI=1S/C12H22N2/c1-4-5-8-13-11(2)12-6-9-14(3)10-7-12/h1,11-13H,5-10H2,2-3H3. The van der Waals surface area contributed by atoms with E-state index in [1.807, 2.05) is 0 Å². The van der Waals surface area contributed by atoms with Crippen LogP contribution in [0, 0.1) is 18.3 Å². The van der Waals surface area contributed by atoms with Gasteiger partial charge in [-0.05, 0) is 45.8 Å². The van der Waals surface area contributed by atoms with Crippen molar-refractivity contribution in [1.29, 1.82) is 0 Å². The van der Waals surface area contributed by atoms with E-state index in [9.17, 15) is 0 Å². The van der Waals surface area contributed by atoms with Gasteiger partial charge in [-0.15, -0.1) is 12.3 Å². The molecule has 1 aliphatic heterocycles. The molecule has 1 heterocycles. The average molecular weight is 194 g/mol. The summed E-state index contributed by atoms with van der Waals surface area (Å²) in [6.07, 6.45) is 8.70. The predicted octanol–water partition coefficient (Wildman–Crippen LogP) is 1.33. The zero-order valence-electron chi connectivity index (χ0n) is 9.42. The van der Waals surface area contributed by atoms with Crippen LogP contribution >= 0.6 is 0 Å². The lowest BCUT2D eigenvalue weighted by molar-refractivity contribution is 0.190. The molecular formula is C12H22N2. The van der Waals surface area contributed by atoms with Gasteiger partial charge in [0.25, 0.3) is 0 Å². The van der Waals surface area contributed by atoms with Gasteiger partial charge in [0.1, 0.15) is 0 Å². The quantitative estimate of drug-likeness (QED) is 0.536. The maximum Gasteiger partial charge on any atom is 0.0211 e. The average Bonchev–Trinajstić information content (AvgIpc) is 2.19. The fourth-order valence-corrected chi connectivity index (χ4v) is 2.07. The highest BCUT2D eigenvalue weighted by Crippen LogP contribution is 2.19. The zero-order chi connectivity index (χ0) is 10.4. The highest BCUT2D eigenvalue weighted by Gasteiger charge is 2.21. The van der Waals surface area contributed by atoms with Crippen LogP contribution < -0.4 is 5.32 Å². The van der Waals surface area contributed by atoms with Crippen molar-refractivity contribution in [3.63, 3.8) is 0 Å². The molecule has 0 amide bonds. The third-order valence-corrected chi connectivity index (χ3v) is 3.21. The van der Waals surface area contributed by atoms with Gasteiger partial charge in [0.05, 0.1) is 0 Å². The van der Waals surface area contributed by atoms with Crippen LogP contribution in [0.2, 0.25) is 0 Å². The molecule has 2 heteroatoms. The molecule has 0 aromatic heterocycles. The number of hydrogen-bond acceptors (Lipinski definition) is 2. The second-order valence-electron chi connectivity index (χ2n) is 4.34. The van der Waals surface area contributed by atoms with Crippen molar-refractivity contribution in [2.45, 2.75) is 32.2 Å². The molecule has 0 aromatic carbocycles. The first kappa shape index (κ1) is 11.6. The Labute approximate surface area is 88.1 Å². The summed E-state index contributed by atoms with van der Waals surface area (Å²) in [5.41, 5.74) is 0. The Hall–Kier alpha value is -0.520. The third-order valence-electron chi connectivity index (χ3n) is 3.21. The summed E-state index contributed by atoms with van der Waals surface area (Å²) in [4.78, 5) is 2.41. The second kappa shape index (κ2) is 6.06. The molecule has 80 valence electrons. The van der Waals surface area contributed by atoms with Gasteiger partial charge < -0.3 is 10.2 Å². The summed E-state index contributed by atoms with van der Waals surface area (Å²) in [6.45, 7) is 5.73. The van der Waals surface area contributed by atoms with Gasteiger partial charge >= 0.3 is 0 Å². The highest BCUT2D eigenvalue weighted by molar-refractivity contribution is 4.85. The minimum Gasteiger partial charge on any atom is -0.313 e. The van der Waals surface area contributed by atoms with Crippen LogP contribution in [-0.4, -0.2) is 37.6 Å². The van der Waals surface area contributed by atoms with Crippen molar-refractivity contribution < 1.29 is 0 Å². The Balaban J connectivity index is 2.17. The number of nitrogens with zero attached hydrogens (tertiary/aromatic N) is 1. The lowest BCUT2D eigenvalue weighted by atomic mass is 9.90. The van der Waals surface area contributed by atoms with E-state index in [0.29, 0.717) is 6.04 Å². The van der Waals surface area contributed by atoms with E-state index >= 15 is 0 Å². The van der Waals surface area contributed by atoms with Crippen molar-refractivity contribution in [1.82, 2.24) is 10.2 Å². The third kappa shape index (κ3) is 3.69. The first-order chi connectivity index (χ1) is 6.74. The van der Waals surface area contributed by atoms with Crippen LogP contribution in [0.5, 0.6) is 0 Å². The lowest BCUT2D eigenvalue weighted by Crippen LogP contribution is -2.40. The number of rotatable bonds is 4. The van der Waals surface area contributed by atoms with Gasteiger partial charge in [-0.25, -0.2) is 0 Å². The van der Waals surface area contributed by atoms with Gasteiger partial charge in [-0.1, -0.05) is 0 Å². The van der Waals surface area contributed by atoms with Gasteiger partial charge in [-0.2, -0.15) is 0 Å². The molecule has 1 atom stereocenters. The van der Waals surface area contributed by atoms with Crippen LogP contribution in [0.4, 0.5) is 0 Å². The molecule has 0 saturated carbocycles. The maximum absolute atomic E-state index is 5.21. The fourth-order valence-electron chi connectivity index (χ4n) is 2.07. The molecule has 1 unspecified atom stereocenters. The minimum atomic E-state index is 0.622. The van der Waals surface area contributed by atoms with Crippen LogP contribution in [0.1, 0.15) is 26.2 Å². The van der Waals surface area contributed by atoms with Crippen molar-refractivity contribution >= 4 is 0 Å². The SMILES string of the molecule is C#CCCNC(C)C1CCN(C)CC1. The van der Waals surface area contributed by atoms with Crippen molar-refractivity contribution in [2.75, 3.05) is 26.7 Å². The van der Waals surface area contributed by atoms with Crippen molar-refractivity contribution in [3.8, 4) is 12.3 Å². The number of hydrogen-bond donors (Lipinski definition) is 1. The molecule has 2 nitrogen and oxygen atoms in total. The Morgan fingerprint density at radius 3 is 2.71 bits per heavy atom. The highest BCUT2D eigenvalue weighted by atomic mass is 15.1. The van der Waals surface area contributed by atoms with Crippen molar-refractivity contribution in [3.05, 3.63) is 0 Å². The van der Waals surface area contributed by atoms with Crippen LogP contribution in [0.15, 0.2) is 0 Å². The van der Waals surface area contributed by atoms with E-state index < -0.39 is 0 Å². The largest absolute Gasteiger partial charge is 0.313 e. The lowest BCUT2D eigenvalue weighted by Gasteiger charge is -2.33. The summed E-state index contributed by atoms with van der Waals surface area (Å²) in [5, 5.41) is 3.51. The number of likely N-dealkylation sites (tertiary alicyclic amines) is 1.